The van der Waals surface area contributed by atoms with Crippen LogP contribution in [0.1, 0.15) is 0 Å². The molecule has 1 saturated heterocycles. The van der Waals surface area contributed by atoms with Crippen LogP contribution in [-0.2, 0) is 0 Å². The Morgan fingerprint density at radius 2 is 1.94 bits per heavy atom. The number of halogens is 2. The van der Waals surface area contributed by atoms with Crippen LogP contribution in [0.5, 0.6) is 0 Å². The third kappa shape index (κ3) is 3.09. The summed E-state index contributed by atoms with van der Waals surface area (Å²) >= 11 is 5.78. The van der Waals surface area contributed by atoms with Crippen LogP contribution in [0, 0.1) is 5.82 Å². The van der Waals surface area contributed by atoms with Gasteiger partial charge in [0, 0.05) is 45.0 Å². The normalized spacial score (nSPS) is 17.5. The lowest BCUT2D eigenvalue weighted by atomic mass is 10.2. The van der Waals surface area contributed by atoms with E-state index >= 15 is 0 Å². The molecule has 1 aliphatic heterocycles. The highest BCUT2D eigenvalue weighted by atomic mass is 35.5. The van der Waals surface area contributed by atoms with E-state index in [-0.39, 0.29) is 10.8 Å². The Labute approximate surface area is 106 Å². The molecule has 5 heteroatoms. The predicted molar refractivity (Wildman–Crippen MR) is 69.1 cm³/mol. The lowest BCUT2D eigenvalue weighted by molar-refractivity contribution is 0.265. The molecule has 0 aliphatic carbocycles. The summed E-state index contributed by atoms with van der Waals surface area (Å²) in [4.78, 5) is 4.56. The molecule has 2 N–H and O–H groups in total. The van der Waals surface area contributed by atoms with Crippen LogP contribution in [0.2, 0.25) is 5.02 Å². The Morgan fingerprint density at radius 1 is 1.24 bits per heavy atom. The van der Waals surface area contributed by atoms with Gasteiger partial charge in [0.25, 0.3) is 0 Å². The van der Waals surface area contributed by atoms with Crippen LogP contribution in [0.4, 0.5) is 10.1 Å². The van der Waals surface area contributed by atoms with Gasteiger partial charge in [-0.1, -0.05) is 11.6 Å². The van der Waals surface area contributed by atoms with E-state index in [4.69, 9.17) is 17.3 Å². The fraction of sp³-hybridized carbons (Fsp3) is 0.500. The summed E-state index contributed by atoms with van der Waals surface area (Å²) in [5.74, 6) is -0.364. The van der Waals surface area contributed by atoms with Crippen LogP contribution in [0.15, 0.2) is 18.2 Å². The van der Waals surface area contributed by atoms with Crippen LogP contribution < -0.4 is 10.6 Å². The van der Waals surface area contributed by atoms with Crippen molar-refractivity contribution in [1.29, 1.82) is 0 Å². The predicted octanol–water partition coefficient (Wildman–Crippen LogP) is 1.56. The third-order valence-electron chi connectivity index (χ3n) is 3.09. The zero-order valence-corrected chi connectivity index (χ0v) is 10.5. The molecular formula is C12H17ClFN3. The van der Waals surface area contributed by atoms with Crippen LogP contribution in [-0.4, -0.2) is 44.2 Å². The third-order valence-corrected chi connectivity index (χ3v) is 3.38. The van der Waals surface area contributed by atoms with E-state index in [0.29, 0.717) is 6.54 Å². The maximum Gasteiger partial charge on any atom is 0.141 e. The van der Waals surface area contributed by atoms with Crippen molar-refractivity contribution in [2.75, 3.05) is 44.2 Å². The van der Waals surface area contributed by atoms with E-state index < -0.39 is 0 Å². The molecule has 0 radical (unpaired) electrons. The van der Waals surface area contributed by atoms with Crippen molar-refractivity contribution in [3.8, 4) is 0 Å². The van der Waals surface area contributed by atoms with Gasteiger partial charge in [-0.05, 0) is 18.2 Å². The van der Waals surface area contributed by atoms with Crippen molar-refractivity contribution in [2.24, 2.45) is 5.73 Å². The first-order valence-electron chi connectivity index (χ1n) is 5.83. The summed E-state index contributed by atoms with van der Waals surface area (Å²) in [5, 5.41) is 0.187. The molecule has 0 bridgehead atoms. The van der Waals surface area contributed by atoms with Crippen LogP contribution in [0.3, 0.4) is 0 Å². The first-order chi connectivity index (χ1) is 8.20. The minimum atomic E-state index is -0.364. The van der Waals surface area contributed by atoms with Gasteiger partial charge in [-0.2, -0.15) is 0 Å². The monoisotopic (exact) mass is 257 g/mol. The molecule has 17 heavy (non-hydrogen) atoms. The Morgan fingerprint density at radius 3 is 2.53 bits per heavy atom. The molecular weight excluding hydrogens is 241 g/mol. The van der Waals surface area contributed by atoms with Crippen molar-refractivity contribution in [3.05, 3.63) is 29.0 Å². The first kappa shape index (κ1) is 12.6. The molecule has 1 aliphatic rings. The van der Waals surface area contributed by atoms with Gasteiger partial charge in [0.1, 0.15) is 5.82 Å². The number of anilines is 1. The molecule has 1 fully saturated rings. The van der Waals surface area contributed by atoms with E-state index in [1.807, 2.05) is 0 Å². The van der Waals surface area contributed by atoms with Gasteiger partial charge >= 0.3 is 0 Å². The van der Waals surface area contributed by atoms with E-state index in [1.54, 1.807) is 12.1 Å². The van der Waals surface area contributed by atoms with E-state index in [2.05, 4.69) is 9.80 Å². The van der Waals surface area contributed by atoms with Gasteiger partial charge < -0.3 is 10.6 Å². The van der Waals surface area contributed by atoms with Crippen molar-refractivity contribution in [2.45, 2.75) is 0 Å². The molecule has 0 amide bonds. The second-order valence-corrected chi connectivity index (χ2v) is 4.62. The molecule has 0 unspecified atom stereocenters. The molecule has 0 spiro atoms. The maximum absolute atomic E-state index is 13.1. The molecule has 0 saturated carbocycles. The first-order valence-corrected chi connectivity index (χ1v) is 6.21. The highest BCUT2D eigenvalue weighted by Gasteiger charge is 2.17. The second kappa shape index (κ2) is 5.67. The highest BCUT2D eigenvalue weighted by Crippen LogP contribution is 2.23. The number of piperazine rings is 1. The minimum Gasteiger partial charge on any atom is -0.369 e. The quantitative estimate of drug-likeness (QED) is 0.892. The Balaban J connectivity index is 1.98. The highest BCUT2D eigenvalue weighted by molar-refractivity contribution is 6.31. The summed E-state index contributed by atoms with van der Waals surface area (Å²) in [6.45, 7) is 5.49. The number of nitrogens with zero attached hydrogens (tertiary/aromatic N) is 2. The van der Waals surface area contributed by atoms with E-state index in [1.165, 1.54) is 6.07 Å². The van der Waals surface area contributed by atoms with Gasteiger partial charge in [-0.25, -0.2) is 4.39 Å². The molecule has 1 aromatic rings. The molecule has 2 rings (SSSR count). The van der Waals surface area contributed by atoms with Gasteiger partial charge in [-0.15, -0.1) is 0 Å². The van der Waals surface area contributed by atoms with Crippen LogP contribution in [0.25, 0.3) is 0 Å². The molecule has 94 valence electrons. The topological polar surface area (TPSA) is 32.5 Å². The molecule has 0 atom stereocenters. The van der Waals surface area contributed by atoms with Gasteiger partial charge in [0.05, 0.1) is 5.02 Å². The lowest BCUT2D eigenvalue weighted by Gasteiger charge is -2.36. The van der Waals surface area contributed by atoms with Crippen LogP contribution >= 0.6 is 11.6 Å². The largest absolute Gasteiger partial charge is 0.369 e. The number of hydrogen-bond acceptors (Lipinski definition) is 3. The van der Waals surface area contributed by atoms with E-state index in [9.17, 15) is 4.39 Å². The summed E-state index contributed by atoms with van der Waals surface area (Å²) in [5.41, 5.74) is 6.52. The fourth-order valence-corrected chi connectivity index (χ4v) is 2.27. The Kier molecular flexibility index (Phi) is 4.20. The lowest BCUT2D eigenvalue weighted by Crippen LogP contribution is -2.47. The Bertz CT molecular complexity index is 378. The van der Waals surface area contributed by atoms with Gasteiger partial charge in [0.15, 0.2) is 0 Å². The second-order valence-electron chi connectivity index (χ2n) is 4.22. The molecule has 1 heterocycles. The smallest absolute Gasteiger partial charge is 0.141 e. The molecule has 1 aromatic carbocycles. The van der Waals surface area contributed by atoms with Crippen molar-refractivity contribution in [3.63, 3.8) is 0 Å². The Hall–Kier alpha value is -0.840. The zero-order chi connectivity index (χ0) is 12.3. The van der Waals surface area contributed by atoms with Gasteiger partial charge in [0.2, 0.25) is 0 Å². The number of benzene rings is 1. The average Bonchev–Trinajstić information content (AvgIpc) is 2.34. The van der Waals surface area contributed by atoms with Gasteiger partial charge in [-0.3, -0.25) is 4.90 Å². The molecule has 3 nitrogen and oxygen atoms in total. The minimum absolute atomic E-state index is 0.187. The standard InChI is InChI=1S/C12H17ClFN3/c13-11-9-10(1-2-12(11)14)17-7-5-16(4-3-15)6-8-17/h1-2,9H,3-8,15H2. The number of rotatable bonds is 3. The SMILES string of the molecule is NCCN1CCN(c2ccc(F)c(Cl)c2)CC1. The van der Waals surface area contributed by atoms with E-state index in [0.717, 1.165) is 38.4 Å². The number of nitrogens with two attached hydrogens (primary N) is 1. The summed E-state index contributed by atoms with van der Waals surface area (Å²) < 4.78 is 13.1. The fourth-order valence-electron chi connectivity index (χ4n) is 2.09. The summed E-state index contributed by atoms with van der Waals surface area (Å²) in [6.07, 6.45) is 0. The molecule has 0 aromatic heterocycles. The zero-order valence-electron chi connectivity index (χ0n) is 9.70. The summed E-state index contributed by atoms with van der Waals surface area (Å²) in [6, 6.07) is 4.89. The summed E-state index contributed by atoms with van der Waals surface area (Å²) in [7, 11) is 0. The number of hydrogen-bond donors (Lipinski definition) is 1. The van der Waals surface area contributed by atoms with Crippen molar-refractivity contribution < 1.29 is 4.39 Å². The average molecular weight is 258 g/mol. The van der Waals surface area contributed by atoms with Crippen molar-refractivity contribution in [1.82, 2.24) is 4.90 Å². The maximum atomic E-state index is 13.1. The van der Waals surface area contributed by atoms with Crippen molar-refractivity contribution >= 4 is 17.3 Å².